The number of carbonyl (C=O) groups is 1. The summed E-state index contributed by atoms with van der Waals surface area (Å²) in [7, 11) is 0. The first kappa shape index (κ1) is 21.9. The van der Waals surface area contributed by atoms with Crippen molar-refractivity contribution >= 4 is 17.4 Å². The highest BCUT2D eigenvalue weighted by Crippen LogP contribution is 2.22. The van der Waals surface area contributed by atoms with E-state index >= 15 is 0 Å². The summed E-state index contributed by atoms with van der Waals surface area (Å²) in [5.74, 6) is 0.610. The topological polar surface area (TPSA) is 79.4 Å². The first-order chi connectivity index (χ1) is 15.7. The van der Waals surface area contributed by atoms with Gasteiger partial charge in [-0.25, -0.2) is 9.97 Å². The molecule has 1 saturated heterocycles. The minimum atomic E-state index is -0.0706. The fourth-order valence-electron chi connectivity index (χ4n) is 3.71. The van der Waals surface area contributed by atoms with Gasteiger partial charge in [0.2, 0.25) is 0 Å². The van der Waals surface area contributed by atoms with Crippen molar-refractivity contribution in [3.63, 3.8) is 0 Å². The highest BCUT2D eigenvalue weighted by Gasteiger charge is 2.11. The normalized spacial score (nSPS) is 14.2. The second kappa shape index (κ2) is 10.8. The van der Waals surface area contributed by atoms with Crippen LogP contribution in [0.3, 0.4) is 0 Å². The van der Waals surface area contributed by atoms with E-state index in [1.54, 1.807) is 6.33 Å². The van der Waals surface area contributed by atoms with Gasteiger partial charge in [0.1, 0.15) is 12.1 Å². The molecular formula is C25H29N5O2. The number of hydrogen-bond donors (Lipinski definition) is 2. The van der Waals surface area contributed by atoms with Gasteiger partial charge in [0.05, 0.1) is 18.9 Å². The number of hydrogen-bond acceptors (Lipinski definition) is 6. The molecule has 1 aliphatic heterocycles. The van der Waals surface area contributed by atoms with Crippen LogP contribution in [-0.4, -0.2) is 60.2 Å². The van der Waals surface area contributed by atoms with Crippen molar-refractivity contribution in [1.82, 2.24) is 20.2 Å². The van der Waals surface area contributed by atoms with E-state index in [0.717, 1.165) is 56.2 Å². The molecule has 0 atom stereocenters. The number of morpholine rings is 1. The van der Waals surface area contributed by atoms with Crippen molar-refractivity contribution in [3.8, 4) is 11.3 Å². The number of nitrogens with zero attached hydrogens (tertiary/aromatic N) is 3. The Balaban J connectivity index is 1.33. The van der Waals surface area contributed by atoms with E-state index in [1.165, 1.54) is 5.56 Å². The number of benzene rings is 2. The molecule has 1 aromatic heterocycles. The lowest BCUT2D eigenvalue weighted by Gasteiger charge is -2.26. The van der Waals surface area contributed by atoms with Gasteiger partial charge in [0.25, 0.3) is 5.91 Å². The molecule has 0 radical (unpaired) electrons. The highest BCUT2D eigenvalue weighted by atomic mass is 16.5. The first-order valence-electron chi connectivity index (χ1n) is 11.0. The fourth-order valence-corrected chi connectivity index (χ4v) is 3.71. The Morgan fingerprint density at radius 1 is 1.06 bits per heavy atom. The van der Waals surface area contributed by atoms with Crippen LogP contribution >= 0.6 is 0 Å². The second-order valence-corrected chi connectivity index (χ2v) is 7.93. The quantitative estimate of drug-likeness (QED) is 0.530. The molecule has 4 rings (SSSR count). The number of carbonyl (C=O) groups excluding carboxylic acids is 1. The number of ether oxygens (including phenoxy) is 1. The first-order valence-corrected chi connectivity index (χ1v) is 11.0. The van der Waals surface area contributed by atoms with Crippen molar-refractivity contribution < 1.29 is 9.53 Å². The molecule has 166 valence electrons. The third-order valence-electron chi connectivity index (χ3n) is 5.42. The predicted molar refractivity (Wildman–Crippen MR) is 126 cm³/mol. The molecule has 7 heteroatoms. The van der Waals surface area contributed by atoms with Crippen LogP contribution < -0.4 is 10.6 Å². The van der Waals surface area contributed by atoms with Gasteiger partial charge in [-0.3, -0.25) is 9.69 Å². The van der Waals surface area contributed by atoms with Gasteiger partial charge < -0.3 is 15.4 Å². The zero-order chi connectivity index (χ0) is 22.2. The molecule has 7 nitrogen and oxygen atoms in total. The molecule has 0 saturated carbocycles. The number of nitrogens with one attached hydrogen (secondary N) is 2. The van der Waals surface area contributed by atoms with Crippen LogP contribution in [0, 0.1) is 6.92 Å². The molecule has 1 amide bonds. The summed E-state index contributed by atoms with van der Waals surface area (Å²) in [6.45, 7) is 7.22. The number of aromatic nitrogens is 2. The molecule has 32 heavy (non-hydrogen) atoms. The van der Waals surface area contributed by atoms with Crippen LogP contribution in [0.15, 0.2) is 60.9 Å². The Kier molecular flexibility index (Phi) is 7.42. The van der Waals surface area contributed by atoms with Crippen molar-refractivity contribution in [1.29, 1.82) is 0 Å². The Hall–Kier alpha value is -3.29. The minimum Gasteiger partial charge on any atom is -0.379 e. The molecule has 3 aromatic rings. The van der Waals surface area contributed by atoms with Crippen molar-refractivity contribution in [2.24, 2.45) is 0 Å². The average molecular weight is 432 g/mol. The van der Waals surface area contributed by atoms with Crippen LogP contribution in [0.5, 0.6) is 0 Å². The van der Waals surface area contributed by atoms with E-state index in [-0.39, 0.29) is 5.91 Å². The summed E-state index contributed by atoms with van der Waals surface area (Å²) in [5, 5.41) is 6.30. The van der Waals surface area contributed by atoms with E-state index in [2.05, 4.69) is 44.6 Å². The van der Waals surface area contributed by atoms with Crippen LogP contribution in [0.2, 0.25) is 0 Å². The third-order valence-corrected chi connectivity index (χ3v) is 5.42. The maximum Gasteiger partial charge on any atom is 0.251 e. The van der Waals surface area contributed by atoms with Crippen LogP contribution in [0.25, 0.3) is 11.3 Å². The molecule has 0 bridgehead atoms. The number of rotatable bonds is 8. The second-order valence-electron chi connectivity index (χ2n) is 7.93. The maximum atomic E-state index is 12.6. The molecule has 0 unspecified atom stereocenters. The zero-order valence-corrected chi connectivity index (χ0v) is 18.4. The smallest absolute Gasteiger partial charge is 0.251 e. The lowest BCUT2D eigenvalue weighted by Crippen LogP contribution is -2.38. The third kappa shape index (κ3) is 6.12. The lowest BCUT2D eigenvalue weighted by atomic mass is 10.1. The van der Waals surface area contributed by atoms with Gasteiger partial charge in [-0.1, -0.05) is 29.8 Å². The molecule has 0 spiro atoms. The summed E-state index contributed by atoms with van der Waals surface area (Å²) in [6.07, 6.45) is 2.47. The maximum absolute atomic E-state index is 12.6. The Morgan fingerprint density at radius 2 is 1.91 bits per heavy atom. The number of aryl methyl sites for hydroxylation is 1. The van der Waals surface area contributed by atoms with Crippen molar-refractivity contribution in [2.45, 2.75) is 13.3 Å². The monoisotopic (exact) mass is 431 g/mol. The fraction of sp³-hybridized carbons (Fsp3) is 0.320. The zero-order valence-electron chi connectivity index (χ0n) is 18.4. The van der Waals surface area contributed by atoms with Gasteiger partial charge in [0.15, 0.2) is 0 Å². The van der Waals surface area contributed by atoms with Crippen LogP contribution in [0.1, 0.15) is 22.3 Å². The van der Waals surface area contributed by atoms with E-state index in [4.69, 9.17) is 4.74 Å². The van der Waals surface area contributed by atoms with E-state index in [0.29, 0.717) is 17.9 Å². The Bertz CT molecular complexity index is 1050. The average Bonchev–Trinajstić information content (AvgIpc) is 2.83. The SMILES string of the molecule is Cc1cccc(-c2cc(Nc3cccc(C(=O)NCCCN4CCOCC4)c3)ncn2)c1. The molecule has 2 heterocycles. The van der Waals surface area contributed by atoms with E-state index in [1.807, 2.05) is 42.5 Å². The number of anilines is 2. The molecule has 1 aliphatic rings. The molecule has 2 N–H and O–H groups in total. The van der Waals surface area contributed by atoms with Gasteiger partial charge in [-0.15, -0.1) is 0 Å². The predicted octanol–water partition coefficient (Wildman–Crippen LogP) is 3.65. The summed E-state index contributed by atoms with van der Waals surface area (Å²) in [5.41, 5.74) is 4.49. The van der Waals surface area contributed by atoms with Gasteiger partial charge >= 0.3 is 0 Å². The van der Waals surface area contributed by atoms with E-state index in [9.17, 15) is 4.79 Å². The van der Waals surface area contributed by atoms with Crippen LogP contribution in [-0.2, 0) is 4.74 Å². The van der Waals surface area contributed by atoms with E-state index < -0.39 is 0 Å². The molecule has 1 fully saturated rings. The molecule has 0 aliphatic carbocycles. The van der Waals surface area contributed by atoms with Crippen molar-refractivity contribution in [3.05, 3.63) is 72.1 Å². The summed E-state index contributed by atoms with van der Waals surface area (Å²) < 4.78 is 5.36. The number of amides is 1. The molecular weight excluding hydrogens is 402 g/mol. The highest BCUT2D eigenvalue weighted by molar-refractivity contribution is 5.95. The Labute approximate surface area is 188 Å². The van der Waals surface area contributed by atoms with Gasteiger partial charge in [-0.05, 0) is 44.2 Å². The summed E-state index contributed by atoms with van der Waals surface area (Å²) in [4.78, 5) is 23.7. The summed E-state index contributed by atoms with van der Waals surface area (Å²) in [6, 6.07) is 17.6. The summed E-state index contributed by atoms with van der Waals surface area (Å²) >= 11 is 0. The molecule has 2 aromatic carbocycles. The minimum absolute atomic E-state index is 0.0706. The Morgan fingerprint density at radius 3 is 2.75 bits per heavy atom. The van der Waals surface area contributed by atoms with Gasteiger partial charge in [0, 0.05) is 42.5 Å². The largest absolute Gasteiger partial charge is 0.379 e. The lowest BCUT2D eigenvalue weighted by molar-refractivity contribution is 0.0374. The van der Waals surface area contributed by atoms with Crippen LogP contribution in [0.4, 0.5) is 11.5 Å². The van der Waals surface area contributed by atoms with Gasteiger partial charge in [-0.2, -0.15) is 0 Å². The standard InChI is InChI=1S/C25H29N5O2/c1-19-5-2-6-20(15-19)23-17-24(28-18-27-23)29-22-8-3-7-21(16-22)25(31)26-9-4-10-30-11-13-32-14-12-30/h2-3,5-8,15-18H,4,9-14H2,1H3,(H,26,31)(H,27,28,29). The van der Waals surface area contributed by atoms with Crippen molar-refractivity contribution in [2.75, 3.05) is 44.7 Å².